The van der Waals surface area contributed by atoms with Gasteiger partial charge >= 0.3 is 19.8 Å². The minimum Gasteiger partial charge on any atom is -0.461 e. The summed E-state index contributed by atoms with van der Waals surface area (Å²) in [5, 5.41) is 31.2. The lowest BCUT2D eigenvalue weighted by Crippen LogP contribution is -2.29. The molecule has 1 aliphatic carbocycles. The molecule has 1 rings (SSSR count). The standard InChI is InChI=1S/C43H77O11P/c1-3-5-7-8-9-10-11-12-13-14-15-16-17-18-19-20-21-22-24-30-43(48)54-37(35-53-55(49,50)51)34-52-42(47)29-26-25-28-38-39(41(46)33-40(38)45)32-31-36(44)27-23-6-4-2/h12-13,25-26,31-32,36-41,44-46H,3-11,14-24,27-30,33-35H2,1-2H3,(H2,49,50,51)/b13-12-,26-25-,32-31+/t36-,37-,38+,39-,40+,41-/m1/s1. The lowest BCUT2D eigenvalue weighted by Gasteiger charge is -2.19. The van der Waals surface area contributed by atoms with Crippen LogP contribution in [0.1, 0.15) is 174 Å². The van der Waals surface area contributed by atoms with Crippen molar-refractivity contribution in [1.82, 2.24) is 0 Å². The third-order valence-corrected chi connectivity index (χ3v) is 10.7. The Bertz CT molecular complexity index is 1100. The van der Waals surface area contributed by atoms with E-state index in [-0.39, 0.29) is 31.1 Å². The Labute approximate surface area is 332 Å². The Balaban J connectivity index is 2.28. The van der Waals surface area contributed by atoms with Crippen LogP contribution >= 0.6 is 7.82 Å². The smallest absolute Gasteiger partial charge is 0.461 e. The van der Waals surface area contributed by atoms with Crippen molar-refractivity contribution in [2.45, 2.75) is 199 Å². The third-order valence-electron chi connectivity index (χ3n) is 10.2. The van der Waals surface area contributed by atoms with E-state index >= 15 is 0 Å². The van der Waals surface area contributed by atoms with E-state index < -0.39 is 57.4 Å². The number of aliphatic hydroxyl groups is 3. The van der Waals surface area contributed by atoms with Gasteiger partial charge < -0.3 is 34.6 Å². The fourth-order valence-corrected chi connectivity index (χ4v) is 7.29. The van der Waals surface area contributed by atoms with Gasteiger partial charge in [-0.3, -0.25) is 14.1 Å². The molecule has 0 radical (unpaired) electrons. The van der Waals surface area contributed by atoms with Gasteiger partial charge in [0.25, 0.3) is 0 Å². The number of aliphatic hydroxyl groups excluding tert-OH is 3. The fraction of sp³-hybridized carbons (Fsp3) is 0.814. The predicted octanol–water partition coefficient (Wildman–Crippen LogP) is 9.34. The number of carbonyl (C=O) groups is 2. The number of unbranched alkanes of at least 4 members (excludes halogenated alkanes) is 17. The molecule has 1 fully saturated rings. The van der Waals surface area contributed by atoms with Gasteiger partial charge in [0.05, 0.1) is 31.3 Å². The molecule has 0 spiro atoms. The van der Waals surface area contributed by atoms with Crippen molar-refractivity contribution < 1.29 is 53.3 Å². The molecule has 0 heterocycles. The first-order valence-corrected chi connectivity index (χ1v) is 23.1. The molecule has 0 aliphatic heterocycles. The molecule has 0 aromatic heterocycles. The van der Waals surface area contributed by atoms with E-state index in [0.717, 1.165) is 38.5 Å². The van der Waals surface area contributed by atoms with Gasteiger partial charge in [0, 0.05) is 18.8 Å². The minimum absolute atomic E-state index is 0.112. The van der Waals surface area contributed by atoms with E-state index in [1.165, 1.54) is 83.5 Å². The number of esters is 2. The highest BCUT2D eigenvalue weighted by Gasteiger charge is 2.39. The second-order valence-electron chi connectivity index (χ2n) is 15.3. The summed E-state index contributed by atoms with van der Waals surface area (Å²) in [5.74, 6) is -1.79. The average Bonchev–Trinajstić information content (AvgIpc) is 3.41. The first-order chi connectivity index (χ1) is 26.5. The molecule has 0 saturated heterocycles. The van der Waals surface area contributed by atoms with Gasteiger partial charge in [0.15, 0.2) is 6.10 Å². The maximum atomic E-state index is 12.5. The van der Waals surface area contributed by atoms with Gasteiger partial charge in [0.2, 0.25) is 0 Å². The lowest BCUT2D eigenvalue weighted by molar-refractivity contribution is -0.160. The van der Waals surface area contributed by atoms with Gasteiger partial charge in [0.1, 0.15) is 6.61 Å². The van der Waals surface area contributed by atoms with Crippen LogP contribution in [0.4, 0.5) is 0 Å². The Morgan fingerprint density at radius 1 is 0.709 bits per heavy atom. The molecule has 5 N–H and O–H groups in total. The van der Waals surface area contributed by atoms with Crippen molar-refractivity contribution in [1.29, 1.82) is 0 Å². The summed E-state index contributed by atoms with van der Waals surface area (Å²) in [5.41, 5.74) is 0. The molecule has 0 amide bonds. The highest BCUT2D eigenvalue weighted by molar-refractivity contribution is 7.46. The highest BCUT2D eigenvalue weighted by atomic mass is 31.2. The average molecular weight is 801 g/mol. The molecular formula is C43H77O11P. The Morgan fingerprint density at radius 3 is 1.87 bits per heavy atom. The summed E-state index contributed by atoms with van der Waals surface area (Å²) in [6.07, 6.45) is 32.8. The van der Waals surface area contributed by atoms with Crippen molar-refractivity contribution >= 4 is 19.8 Å². The number of phosphoric ester groups is 1. The zero-order chi connectivity index (χ0) is 40.6. The number of hydrogen-bond acceptors (Lipinski definition) is 9. The molecule has 1 aliphatic rings. The van der Waals surface area contributed by atoms with E-state index in [0.29, 0.717) is 19.3 Å². The summed E-state index contributed by atoms with van der Waals surface area (Å²) < 4.78 is 26.4. The van der Waals surface area contributed by atoms with Gasteiger partial charge in [-0.25, -0.2) is 4.57 Å². The number of hydrogen-bond donors (Lipinski definition) is 5. The van der Waals surface area contributed by atoms with Crippen LogP contribution in [0.15, 0.2) is 36.5 Å². The summed E-state index contributed by atoms with van der Waals surface area (Å²) in [4.78, 5) is 43.1. The lowest BCUT2D eigenvalue weighted by atomic mass is 9.89. The van der Waals surface area contributed by atoms with E-state index in [9.17, 15) is 29.5 Å². The highest BCUT2D eigenvalue weighted by Crippen LogP contribution is 2.37. The molecule has 6 atom stereocenters. The monoisotopic (exact) mass is 801 g/mol. The SMILES string of the molecule is CCCCCCCC/C=C\CCCCCCCCCCCC(=O)O[C@H](COC(=O)C/C=C\C[C@H]1[C@@H](/C=C/[C@H](O)CCCCC)[C@H](O)C[C@@H]1O)COP(=O)(O)O. The van der Waals surface area contributed by atoms with Gasteiger partial charge in [-0.05, 0) is 50.9 Å². The molecule has 55 heavy (non-hydrogen) atoms. The molecule has 12 heteroatoms. The summed E-state index contributed by atoms with van der Waals surface area (Å²) in [6.45, 7) is 3.30. The van der Waals surface area contributed by atoms with Crippen LogP contribution in [0.2, 0.25) is 0 Å². The van der Waals surface area contributed by atoms with E-state index in [2.05, 4.69) is 30.5 Å². The second kappa shape index (κ2) is 33.2. The van der Waals surface area contributed by atoms with Crippen molar-refractivity contribution in [2.24, 2.45) is 11.8 Å². The van der Waals surface area contributed by atoms with Crippen LogP contribution in [-0.4, -0.2) is 74.7 Å². The zero-order valence-corrected chi connectivity index (χ0v) is 35.0. The fourth-order valence-electron chi connectivity index (χ4n) is 6.93. The van der Waals surface area contributed by atoms with Gasteiger partial charge in [-0.2, -0.15) is 0 Å². The summed E-state index contributed by atoms with van der Waals surface area (Å²) in [7, 11) is -4.84. The zero-order valence-electron chi connectivity index (χ0n) is 34.2. The molecule has 0 aromatic rings. The van der Waals surface area contributed by atoms with Gasteiger partial charge in [-0.1, -0.05) is 147 Å². The van der Waals surface area contributed by atoms with Crippen LogP contribution < -0.4 is 0 Å². The van der Waals surface area contributed by atoms with Crippen LogP contribution in [0.25, 0.3) is 0 Å². The number of allylic oxidation sites excluding steroid dienone is 3. The van der Waals surface area contributed by atoms with Crippen molar-refractivity contribution in [3.63, 3.8) is 0 Å². The number of phosphoric acid groups is 1. The maximum absolute atomic E-state index is 12.5. The van der Waals surface area contributed by atoms with Crippen LogP contribution in [0.3, 0.4) is 0 Å². The van der Waals surface area contributed by atoms with Crippen molar-refractivity contribution in [3.05, 3.63) is 36.5 Å². The van der Waals surface area contributed by atoms with E-state index in [4.69, 9.17) is 19.3 Å². The second-order valence-corrected chi connectivity index (χ2v) is 16.5. The molecule has 0 bridgehead atoms. The molecule has 1 saturated carbocycles. The van der Waals surface area contributed by atoms with Crippen LogP contribution in [0, 0.1) is 11.8 Å². The number of carbonyl (C=O) groups excluding carboxylic acids is 2. The third kappa shape index (κ3) is 29.1. The van der Waals surface area contributed by atoms with Gasteiger partial charge in [-0.15, -0.1) is 0 Å². The summed E-state index contributed by atoms with van der Waals surface area (Å²) >= 11 is 0. The summed E-state index contributed by atoms with van der Waals surface area (Å²) in [6, 6.07) is 0. The van der Waals surface area contributed by atoms with E-state index in [1.54, 1.807) is 24.3 Å². The van der Waals surface area contributed by atoms with Crippen LogP contribution in [0.5, 0.6) is 0 Å². The quantitative estimate of drug-likeness (QED) is 0.0178. The largest absolute Gasteiger partial charge is 0.469 e. The van der Waals surface area contributed by atoms with Crippen molar-refractivity contribution in [2.75, 3.05) is 13.2 Å². The Kier molecular flexibility index (Phi) is 30.8. The first-order valence-electron chi connectivity index (χ1n) is 21.5. The van der Waals surface area contributed by atoms with Crippen LogP contribution in [-0.2, 0) is 28.2 Å². The topological polar surface area (TPSA) is 180 Å². The molecule has 0 aromatic carbocycles. The minimum atomic E-state index is -4.84. The maximum Gasteiger partial charge on any atom is 0.469 e. The Morgan fingerprint density at radius 2 is 1.27 bits per heavy atom. The predicted molar refractivity (Wildman–Crippen MR) is 218 cm³/mol. The van der Waals surface area contributed by atoms with E-state index in [1.807, 2.05) is 0 Å². The molecule has 11 nitrogen and oxygen atoms in total. The first kappa shape index (κ1) is 51.2. The molecular weight excluding hydrogens is 723 g/mol. The Hall–Kier alpha value is -1.85. The molecule has 0 unspecified atom stereocenters. The molecule has 320 valence electrons. The normalized spacial score (nSPS) is 20.2. The number of ether oxygens (including phenoxy) is 2. The number of rotatable bonds is 35. The van der Waals surface area contributed by atoms with Crippen molar-refractivity contribution in [3.8, 4) is 0 Å².